The zero-order valence-corrected chi connectivity index (χ0v) is 10.6. The number of carboxylic acid groups (broad SMARTS) is 1. The van der Waals surface area contributed by atoms with E-state index >= 15 is 0 Å². The van der Waals surface area contributed by atoms with E-state index < -0.39 is 17.9 Å². The molecule has 0 aliphatic heterocycles. The van der Waals surface area contributed by atoms with E-state index in [1.807, 2.05) is 6.07 Å². The van der Waals surface area contributed by atoms with E-state index in [1.165, 1.54) is 12.2 Å². The molecule has 6 nitrogen and oxygen atoms in total. The highest BCUT2D eigenvalue weighted by Crippen LogP contribution is 2.05. The number of rotatable bonds is 6. The number of carboxylic acids is 1. The first-order valence-electron chi connectivity index (χ1n) is 5.89. The molecule has 0 spiro atoms. The van der Waals surface area contributed by atoms with Gasteiger partial charge in [0.1, 0.15) is 6.04 Å². The summed E-state index contributed by atoms with van der Waals surface area (Å²) in [7, 11) is 0. The average molecular weight is 274 g/mol. The molecule has 0 aliphatic rings. The van der Waals surface area contributed by atoms with Gasteiger partial charge in [0.25, 0.3) is 0 Å². The number of aliphatic hydroxyl groups is 1. The molecule has 1 atom stereocenters. The van der Waals surface area contributed by atoms with Gasteiger partial charge in [-0.1, -0.05) is 12.1 Å². The highest BCUT2D eigenvalue weighted by molar-refractivity contribution is 5.94. The number of aliphatic hydroxyl groups excluding tert-OH is 1. The second kappa shape index (κ2) is 7.71. The SMILES string of the molecule is N#Cc1ccc(/C=C/C(=O)N[C@@H](CCO)C(=O)O)cc1. The van der Waals surface area contributed by atoms with Gasteiger partial charge in [-0.15, -0.1) is 0 Å². The normalized spacial score (nSPS) is 11.8. The molecular weight excluding hydrogens is 260 g/mol. The predicted molar refractivity (Wildman–Crippen MR) is 71.5 cm³/mol. The lowest BCUT2D eigenvalue weighted by molar-refractivity contribution is -0.141. The summed E-state index contributed by atoms with van der Waals surface area (Å²) in [4.78, 5) is 22.3. The molecule has 1 rings (SSSR count). The topological polar surface area (TPSA) is 110 Å². The Morgan fingerprint density at radius 2 is 2.00 bits per heavy atom. The van der Waals surface area contributed by atoms with Crippen LogP contribution in [0.3, 0.4) is 0 Å². The van der Waals surface area contributed by atoms with Gasteiger partial charge >= 0.3 is 5.97 Å². The highest BCUT2D eigenvalue weighted by Gasteiger charge is 2.17. The Bertz CT molecular complexity index is 543. The maximum absolute atomic E-state index is 11.5. The standard InChI is InChI=1S/C14H14N2O4/c15-9-11-3-1-10(2-4-11)5-6-13(18)16-12(7-8-17)14(19)20/h1-6,12,17H,7-8H2,(H,16,18)(H,19,20)/b6-5+/t12-/m0/s1. The Balaban J connectivity index is 2.62. The number of carbonyl (C=O) groups excluding carboxylic acids is 1. The lowest BCUT2D eigenvalue weighted by Crippen LogP contribution is -2.40. The van der Waals surface area contributed by atoms with Crippen LogP contribution in [0.5, 0.6) is 0 Å². The van der Waals surface area contributed by atoms with Crippen molar-refractivity contribution in [2.24, 2.45) is 0 Å². The van der Waals surface area contributed by atoms with E-state index in [1.54, 1.807) is 24.3 Å². The van der Waals surface area contributed by atoms with E-state index in [-0.39, 0.29) is 13.0 Å². The maximum atomic E-state index is 11.5. The van der Waals surface area contributed by atoms with Crippen molar-refractivity contribution >= 4 is 18.0 Å². The summed E-state index contributed by atoms with van der Waals surface area (Å²) in [5, 5.41) is 28.4. The molecule has 6 heteroatoms. The van der Waals surface area contributed by atoms with Crippen LogP contribution in [-0.2, 0) is 9.59 Å². The first-order valence-corrected chi connectivity index (χ1v) is 5.89. The number of aliphatic carboxylic acids is 1. The zero-order valence-electron chi connectivity index (χ0n) is 10.6. The maximum Gasteiger partial charge on any atom is 0.326 e. The van der Waals surface area contributed by atoms with Crippen LogP contribution < -0.4 is 5.32 Å². The fraction of sp³-hybridized carbons (Fsp3) is 0.214. The van der Waals surface area contributed by atoms with Crippen molar-refractivity contribution in [3.63, 3.8) is 0 Å². The summed E-state index contributed by atoms with van der Waals surface area (Å²) in [5.41, 5.74) is 1.23. The van der Waals surface area contributed by atoms with Gasteiger partial charge < -0.3 is 15.5 Å². The molecule has 3 N–H and O–H groups in total. The van der Waals surface area contributed by atoms with Crippen molar-refractivity contribution in [2.75, 3.05) is 6.61 Å². The van der Waals surface area contributed by atoms with Gasteiger partial charge in [0.15, 0.2) is 0 Å². The van der Waals surface area contributed by atoms with Crippen LogP contribution in [0, 0.1) is 11.3 Å². The van der Waals surface area contributed by atoms with Gasteiger partial charge in [-0.2, -0.15) is 5.26 Å². The predicted octanol–water partition coefficient (Wildman–Crippen LogP) is 0.523. The van der Waals surface area contributed by atoms with Crippen LogP contribution in [-0.4, -0.2) is 34.7 Å². The van der Waals surface area contributed by atoms with Crippen molar-refractivity contribution < 1.29 is 19.8 Å². The molecule has 0 saturated carbocycles. The second-order valence-corrected chi connectivity index (χ2v) is 3.98. The molecule has 0 radical (unpaired) electrons. The number of nitriles is 1. The first-order chi connectivity index (χ1) is 9.56. The molecule has 1 aromatic carbocycles. The molecule has 0 unspecified atom stereocenters. The number of hydrogen-bond acceptors (Lipinski definition) is 4. The fourth-order valence-corrected chi connectivity index (χ4v) is 1.45. The van der Waals surface area contributed by atoms with Crippen LogP contribution in [0.2, 0.25) is 0 Å². The lowest BCUT2D eigenvalue weighted by Gasteiger charge is -2.11. The van der Waals surface area contributed by atoms with E-state index in [0.717, 1.165) is 0 Å². The Hall–Kier alpha value is -2.65. The molecule has 0 heterocycles. The number of carbonyl (C=O) groups is 2. The van der Waals surface area contributed by atoms with Crippen LogP contribution in [0.25, 0.3) is 6.08 Å². The quantitative estimate of drug-likeness (QED) is 0.655. The molecule has 0 aliphatic carbocycles. The monoisotopic (exact) mass is 274 g/mol. The van der Waals surface area contributed by atoms with Crippen molar-refractivity contribution in [3.8, 4) is 6.07 Å². The minimum atomic E-state index is -1.20. The molecule has 104 valence electrons. The Kier molecular flexibility index (Phi) is 5.94. The van der Waals surface area contributed by atoms with Crippen molar-refractivity contribution in [3.05, 3.63) is 41.5 Å². The third-order valence-electron chi connectivity index (χ3n) is 2.50. The number of amides is 1. The average Bonchev–Trinajstić information content (AvgIpc) is 2.45. The number of nitrogens with zero attached hydrogens (tertiary/aromatic N) is 1. The summed E-state index contributed by atoms with van der Waals surface area (Å²) in [6, 6.07) is 7.44. The second-order valence-electron chi connectivity index (χ2n) is 3.98. The van der Waals surface area contributed by atoms with Crippen molar-refractivity contribution in [1.82, 2.24) is 5.32 Å². The van der Waals surface area contributed by atoms with Gasteiger partial charge in [-0.05, 0) is 23.8 Å². The molecule has 0 fully saturated rings. The van der Waals surface area contributed by atoms with Crippen LogP contribution in [0.4, 0.5) is 0 Å². The molecule has 1 amide bonds. The highest BCUT2D eigenvalue weighted by atomic mass is 16.4. The van der Waals surface area contributed by atoms with Gasteiger partial charge in [0.2, 0.25) is 5.91 Å². The van der Waals surface area contributed by atoms with E-state index in [0.29, 0.717) is 11.1 Å². The first kappa shape index (κ1) is 15.4. The number of benzene rings is 1. The Morgan fingerprint density at radius 1 is 1.35 bits per heavy atom. The van der Waals surface area contributed by atoms with E-state index in [2.05, 4.69) is 5.32 Å². The molecule has 0 bridgehead atoms. The van der Waals surface area contributed by atoms with Crippen LogP contribution in [0.15, 0.2) is 30.3 Å². The molecule has 0 aromatic heterocycles. The minimum absolute atomic E-state index is 0.0498. The van der Waals surface area contributed by atoms with Gasteiger partial charge in [0.05, 0.1) is 11.6 Å². The summed E-state index contributed by atoms with van der Waals surface area (Å²) in [5.74, 6) is -1.76. The van der Waals surface area contributed by atoms with Crippen molar-refractivity contribution in [1.29, 1.82) is 5.26 Å². The van der Waals surface area contributed by atoms with E-state index in [9.17, 15) is 9.59 Å². The Morgan fingerprint density at radius 3 is 2.50 bits per heavy atom. The van der Waals surface area contributed by atoms with Crippen LogP contribution >= 0.6 is 0 Å². The zero-order chi connectivity index (χ0) is 15.0. The van der Waals surface area contributed by atoms with Crippen molar-refractivity contribution in [2.45, 2.75) is 12.5 Å². The number of hydrogen-bond donors (Lipinski definition) is 3. The molecule has 20 heavy (non-hydrogen) atoms. The summed E-state index contributed by atoms with van der Waals surface area (Å²) in [6.45, 7) is -0.323. The third kappa shape index (κ3) is 4.92. The van der Waals surface area contributed by atoms with E-state index in [4.69, 9.17) is 15.5 Å². The van der Waals surface area contributed by atoms with Crippen LogP contribution in [0.1, 0.15) is 17.5 Å². The van der Waals surface area contributed by atoms with Gasteiger partial charge in [-0.3, -0.25) is 4.79 Å². The molecule has 0 saturated heterocycles. The summed E-state index contributed by atoms with van der Waals surface area (Å²) < 4.78 is 0. The largest absolute Gasteiger partial charge is 0.480 e. The number of nitrogens with one attached hydrogen (secondary N) is 1. The molecule has 1 aromatic rings. The smallest absolute Gasteiger partial charge is 0.326 e. The molecular formula is C14H14N2O4. The van der Waals surface area contributed by atoms with Gasteiger partial charge in [0, 0.05) is 19.1 Å². The minimum Gasteiger partial charge on any atom is -0.480 e. The fourth-order valence-electron chi connectivity index (χ4n) is 1.45. The lowest BCUT2D eigenvalue weighted by atomic mass is 10.1. The summed E-state index contributed by atoms with van der Waals surface area (Å²) in [6.07, 6.45) is 2.66. The Labute approximate surface area is 116 Å². The third-order valence-corrected chi connectivity index (χ3v) is 2.50. The van der Waals surface area contributed by atoms with Gasteiger partial charge in [-0.25, -0.2) is 4.79 Å². The summed E-state index contributed by atoms with van der Waals surface area (Å²) >= 11 is 0.